The fourth-order valence-electron chi connectivity index (χ4n) is 2.93. The number of rotatable bonds is 6. The quantitative estimate of drug-likeness (QED) is 0.782. The number of amides is 1. The van der Waals surface area contributed by atoms with E-state index < -0.39 is 0 Å². The van der Waals surface area contributed by atoms with E-state index in [2.05, 4.69) is 12.2 Å². The van der Waals surface area contributed by atoms with Crippen molar-refractivity contribution < 1.29 is 14.3 Å². The van der Waals surface area contributed by atoms with Crippen molar-refractivity contribution >= 4 is 28.2 Å². The van der Waals surface area contributed by atoms with Gasteiger partial charge < -0.3 is 10.1 Å². The summed E-state index contributed by atoms with van der Waals surface area (Å²) in [4.78, 5) is 25.9. The molecule has 23 heavy (non-hydrogen) atoms. The van der Waals surface area contributed by atoms with Crippen molar-refractivity contribution in [3.63, 3.8) is 0 Å². The summed E-state index contributed by atoms with van der Waals surface area (Å²) in [5.41, 5.74) is 1.69. The summed E-state index contributed by atoms with van der Waals surface area (Å²) in [5, 5.41) is 3.65. The number of ether oxygens (including phenoxy) is 1. The van der Waals surface area contributed by atoms with E-state index in [0.29, 0.717) is 23.1 Å². The Kier molecular flexibility index (Phi) is 6.22. The van der Waals surface area contributed by atoms with Crippen LogP contribution in [0.3, 0.4) is 0 Å². The summed E-state index contributed by atoms with van der Waals surface area (Å²) in [6, 6.07) is 0. The summed E-state index contributed by atoms with van der Waals surface area (Å²) >= 11 is 1.56. The molecule has 0 spiro atoms. The van der Waals surface area contributed by atoms with Gasteiger partial charge >= 0.3 is 5.97 Å². The second kappa shape index (κ2) is 7.95. The zero-order valence-corrected chi connectivity index (χ0v) is 15.3. The molecule has 4 nitrogen and oxygen atoms in total. The highest BCUT2D eigenvalue weighted by molar-refractivity contribution is 7.17. The molecular weight excluding hydrogens is 310 g/mol. The van der Waals surface area contributed by atoms with Gasteiger partial charge in [0.1, 0.15) is 5.00 Å². The standard InChI is InChI=1S/C18H27NO3S/c1-5-11(4)16(20)19-17-15(18(21)22-7-3)13-9-8-12(6-2)10-14(13)23-17/h11-12H,5-10H2,1-4H3,(H,19,20)/t11-,12-/m1/s1. The van der Waals surface area contributed by atoms with E-state index in [1.165, 1.54) is 4.88 Å². The summed E-state index contributed by atoms with van der Waals surface area (Å²) < 4.78 is 5.23. The van der Waals surface area contributed by atoms with Crippen molar-refractivity contribution in [1.29, 1.82) is 0 Å². The van der Waals surface area contributed by atoms with Gasteiger partial charge in [-0.25, -0.2) is 4.79 Å². The Bertz CT molecular complexity index is 579. The molecule has 0 bridgehead atoms. The van der Waals surface area contributed by atoms with E-state index in [4.69, 9.17) is 4.74 Å². The molecule has 128 valence electrons. The first kappa shape index (κ1) is 18.0. The molecule has 1 aliphatic rings. The molecule has 0 unspecified atom stereocenters. The molecule has 1 aromatic heterocycles. The van der Waals surface area contributed by atoms with Gasteiger partial charge in [-0.15, -0.1) is 11.3 Å². The van der Waals surface area contributed by atoms with E-state index in [1.807, 2.05) is 13.8 Å². The van der Waals surface area contributed by atoms with Crippen LogP contribution in [-0.2, 0) is 22.4 Å². The van der Waals surface area contributed by atoms with Crippen molar-refractivity contribution in [2.45, 2.75) is 59.8 Å². The normalized spacial score (nSPS) is 18.2. The van der Waals surface area contributed by atoms with Gasteiger partial charge in [0.2, 0.25) is 5.91 Å². The van der Waals surface area contributed by atoms with Crippen molar-refractivity contribution in [2.24, 2.45) is 11.8 Å². The highest BCUT2D eigenvalue weighted by Crippen LogP contribution is 2.41. The third-order valence-corrected chi connectivity index (χ3v) is 5.89. The Hall–Kier alpha value is -1.36. The van der Waals surface area contributed by atoms with E-state index in [-0.39, 0.29) is 17.8 Å². The van der Waals surface area contributed by atoms with Crippen molar-refractivity contribution in [3.05, 3.63) is 16.0 Å². The van der Waals surface area contributed by atoms with Crippen LogP contribution < -0.4 is 5.32 Å². The van der Waals surface area contributed by atoms with Gasteiger partial charge in [0.05, 0.1) is 12.2 Å². The number of thiophene rings is 1. The van der Waals surface area contributed by atoms with Crippen LogP contribution in [0.15, 0.2) is 0 Å². The smallest absolute Gasteiger partial charge is 0.341 e. The molecule has 0 saturated heterocycles. The number of fused-ring (bicyclic) bond motifs is 1. The van der Waals surface area contributed by atoms with E-state index in [9.17, 15) is 9.59 Å². The second-order valence-corrected chi connectivity index (χ2v) is 7.35. The molecule has 0 aromatic carbocycles. The maximum Gasteiger partial charge on any atom is 0.341 e. The number of hydrogen-bond donors (Lipinski definition) is 1. The first-order chi connectivity index (χ1) is 11.0. The Balaban J connectivity index is 2.34. The molecule has 1 amide bonds. The number of esters is 1. The average molecular weight is 337 g/mol. The molecule has 1 aromatic rings. The maximum absolute atomic E-state index is 12.4. The van der Waals surface area contributed by atoms with Crippen LogP contribution in [0.2, 0.25) is 0 Å². The largest absolute Gasteiger partial charge is 0.462 e. The maximum atomic E-state index is 12.4. The Morgan fingerprint density at radius 2 is 2.09 bits per heavy atom. The lowest BCUT2D eigenvalue weighted by Crippen LogP contribution is -2.21. The number of nitrogens with one attached hydrogen (secondary N) is 1. The second-order valence-electron chi connectivity index (χ2n) is 6.24. The molecule has 2 atom stereocenters. The van der Waals surface area contributed by atoms with Crippen molar-refractivity contribution in [2.75, 3.05) is 11.9 Å². The molecule has 0 aliphatic heterocycles. The summed E-state index contributed by atoms with van der Waals surface area (Å²) in [7, 11) is 0. The third-order valence-electron chi connectivity index (χ3n) is 4.72. The highest BCUT2D eigenvalue weighted by Gasteiger charge is 2.30. The van der Waals surface area contributed by atoms with Crippen molar-refractivity contribution in [1.82, 2.24) is 0 Å². The van der Waals surface area contributed by atoms with Crippen LogP contribution in [0, 0.1) is 11.8 Å². The minimum absolute atomic E-state index is 0.0244. The van der Waals surface area contributed by atoms with Crippen LogP contribution in [0.5, 0.6) is 0 Å². The summed E-state index contributed by atoms with van der Waals surface area (Å²) in [6.45, 7) is 8.25. The minimum Gasteiger partial charge on any atom is -0.462 e. The predicted molar refractivity (Wildman–Crippen MR) is 94.2 cm³/mol. The summed E-state index contributed by atoms with van der Waals surface area (Å²) in [5.74, 6) is 0.282. The third kappa shape index (κ3) is 3.94. The summed E-state index contributed by atoms with van der Waals surface area (Å²) in [6.07, 6.45) is 4.94. The number of carbonyl (C=O) groups is 2. The van der Waals surface area contributed by atoms with Crippen LogP contribution in [-0.4, -0.2) is 18.5 Å². The van der Waals surface area contributed by atoms with Gasteiger partial charge in [-0.2, -0.15) is 0 Å². The van der Waals surface area contributed by atoms with Crippen molar-refractivity contribution in [3.8, 4) is 0 Å². The number of carbonyl (C=O) groups excluding carboxylic acids is 2. The Morgan fingerprint density at radius 3 is 2.70 bits per heavy atom. The van der Waals surface area contributed by atoms with Gasteiger partial charge in [0.25, 0.3) is 0 Å². The van der Waals surface area contributed by atoms with Gasteiger partial charge in [-0.05, 0) is 44.1 Å². The first-order valence-electron chi connectivity index (χ1n) is 8.64. The number of hydrogen-bond acceptors (Lipinski definition) is 4. The molecule has 1 N–H and O–H groups in total. The average Bonchev–Trinajstić information content (AvgIpc) is 2.90. The zero-order valence-electron chi connectivity index (χ0n) is 14.5. The fraction of sp³-hybridized carbons (Fsp3) is 0.667. The molecular formula is C18H27NO3S. The lowest BCUT2D eigenvalue weighted by Gasteiger charge is -2.21. The zero-order chi connectivity index (χ0) is 17.0. The van der Waals surface area contributed by atoms with Crippen LogP contribution in [0.25, 0.3) is 0 Å². The van der Waals surface area contributed by atoms with Crippen LogP contribution >= 0.6 is 11.3 Å². The fourth-order valence-corrected chi connectivity index (χ4v) is 4.28. The Morgan fingerprint density at radius 1 is 1.35 bits per heavy atom. The van der Waals surface area contributed by atoms with E-state index >= 15 is 0 Å². The monoisotopic (exact) mass is 337 g/mol. The molecule has 0 fully saturated rings. The Labute approximate surface area is 142 Å². The van der Waals surface area contributed by atoms with E-state index in [1.54, 1.807) is 18.3 Å². The lowest BCUT2D eigenvalue weighted by atomic mass is 9.85. The van der Waals surface area contributed by atoms with E-state index in [0.717, 1.165) is 37.7 Å². The highest BCUT2D eigenvalue weighted by atomic mass is 32.1. The molecule has 5 heteroatoms. The van der Waals surface area contributed by atoms with Gasteiger partial charge in [0.15, 0.2) is 0 Å². The van der Waals surface area contributed by atoms with Gasteiger partial charge in [-0.3, -0.25) is 4.79 Å². The molecule has 0 saturated carbocycles. The topological polar surface area (TPSA) is 55.4 Å². The molecule has 2 rings (SSSR count). The van der Waals surface area contributed by atoms with Crippen LogP contribution in [0.1, 0.15) is 67.8 Å². The van der Waals surface area contributed by atoms with Gasteiger partial charge in [0, 0.05) is 10.8 Å². The molecule has 0 radical (unpaired) electrons. The minimum atomic E-state index is -0.306. The lowest BCUT2D eigenvalue weighted by molar-refractivity contribution is -0.119. The molecule has 1 heterocycles. The van der Waals surface area contributed by atoms with Crippen LogP contribution in [0.4, 0.5) is 5.00 Å². The number of anilines is 1. The predicted octanol–water partition coefficient (Wildman–Crippen LogP) is 4.42. The van der Waals surface area contributed by atoms with Gasteiger partial charge in [-0.1, -0.05) is 27.2 Å². The SMILES string of the molecule is CCOC(=O)c1c(NC(=O)[C@H](C)CC)sc2c1CC[C@@H](CC)C2. The first-order valence-corrected chi connectivity index (χ1v) is 9.45. The molecule has 1 aliphatic carbocycles.